The van der Waals surface area contributed by atoms with E-state index in [9.17, 15) is 33.0 Å². The molecule has 1 saturated heterocycles. The van der Waals surface area contributed by atoms with Crippen LogP contribution in [0.5, 0.6) is 0 Å². The van der Waals surface area contributed by atoms with Gasteiger partial charge >= 0.3 is 18.1 Å². The molecule has 13 nitrogen and oxygen atoms in total. The number of nitrogens with zero attached hydrogens (tertiary/aromatic N) is 6. The van der Waals surface area contributed by atoms with Gasteiger partial charge in [0.15, 0.2) is 17.0 Å². The van der Waals surface area contributed by atoms with Crippen molar-refractivity contribution in [2.24, 2.45) is 0 Å². The number of carbonyl (C=O) groups excluding carboxylic acids is 2. The van der Waals surface area contributed by atoms with Gasteiger partial charge in [-0.15, -0.1) is 11.8 Å². The van der Waals surface area contributed by atoms with Gasteiger partial charge in [-0.1, -0.05) is 73.7 Å². The highest BCUT2D eigenvalue weighted by atomic mass is 32.2. The summed E-state index contributed by atoms with van der Waals surface area (Å²) in [5, 5.41) is 31.9. The highest BCUT2D eigenvalue weighted by molar-refractivity contribution is 7.98. The number of hydrogen-bond acceptors (Lipinski definition) is 10. The van der Waals surface area contributed by atoms with Crippen molar-refractivity contribution in [3.05, 3.63) is 102 Å². The lowest BCUT2D eigenvalue weighted by Crippen LogP contribution is -2.51. The predicted octanol–water partition coefficient (Wildman–Crippen LogP) is 6.03. The number of thioether (sulfide) groups is 1. The van der Waals surface area contributed by atoms with Crippen molar-refractivity contribution in [1.82, 2.24) is 29.7 Å². The first-order chi connectivity index (χ1) is 27.9. The molecule has 0 bridgehead atoms. The molecule has 0 radical (unpaired) electrons. The quantitative estimate of drug-likeness (QED) is 0.0889. The first-order valence-corrected chi connectivity index (χ1v) is 20.5. The zero-order valence-corrected chi connectivity index (χ0v) is 32.8. The van der Waals surface area contributed by atoms with Crippen LogP contribution in [0.1, 0.15) is 49.3 Å². The van der Waals surface area contributed by atoms with Crippen molar-refractivity contribution < 1.29 is 33.0 Å². The lowest BCUT2D eigenvalue weighted by molar-refractivity contribution is -0.190. The summed E-state index contributed by atoms with van der Waals surface area (Å²) >= 11 is 1.57. The third-order valence-corrected chi connectivity index (χ3v) is 11.5. The number of aliphatic hydroxyl groups is 2. The Kier molecular flexibility index (Phi) is 12.4. The number of urea groups is 1. The summed E-state index contributed by atoms with van der Waals surface area (Å²) in [6, 6.07) is 24.7. The van der Waals surface area contributed by atoms with E-state index < -0.39 is 36.4 Å². The van der Waals surface area contributed by atoms with E-state index in [4.69, 9.17) is 9.97 Å². The summed E-state index contributed by atoms with van der Waals surface area (Å²) < 4.78 is 42.6. The summed E-state index contributed by atoms with van der Waals surface area (Å²) in [5.74, 6) is -1.45. The molecule has 58 heavy (non-hydrogen) atoms. The zero-order chi connectivity index (χ0) is 41.0. The van der Waals surface area contributed by atoms with E-state index in [1.807, 2.05) is 71.8 Å². The topological polar surface area (TPSA) is 161 Å². The highest BCUT2D eigenvalue weighted by Gasteiger charge is 2.51. The lowest BCUT2D eigenvalue weighted by atomic mass is 9.91. The first kappa shape index (κ1) is 40.8. The molecule has 0 spiro atoms. The number of benzene rings is 3. The van der Waals surface area contributed by atoms with Crippen LogP contribution in [0.4, 0.5) is 35.4 Å². The fraction of sp³-hybridized carbons (Fsp3) is 0.390. The first-order valence-electron chi connectivity index (χ1n) is 19.2. The average Bonchev–Trinajstić information content (AvgIpc) is 3.94. The number of amides is 3. The molecule has 17 heteroatoms. The van der Waals surface area contributed by atoms with Crippen LogP contribution >= 0.6 is 11.8 Å². The molecule has 5 aromatic rings. The van der Waals surface area contributed by atoms with Crippen molar-refractivity contribution in [2.75, 3.05) is 48.0 Å². The van der Waals surface area contributed by atoms with E-state index in [-0.39, 0.29) is 43.0 Å². The molecule has 1 saturated carbocycles. The number of aliphatic hydroxyl groups excluding tert-OH is 2. The summed E-state index contributed by atoms with van der Waals surface area (Å²) in [6.07, 6.45) is -4.30. The Morgan fingerprint density at radius 3 is 2.34 bits per heavy atom. The fourth-order valence-electron chi connectivity index (χ4n) is 7.92. The Hall–Kier alpha value is -5.39. The number of hydrogen-bond donors (Lipinski definition) is 5. The molecule has 2 aliphatic rings. The number of fused-ring (bicyclic) bond motifs is 1. The van der Waals surface area contributed by atoms with Crippen molar-refractivity contribution >= 4 is 52.3 Å². The van der Waals surface area contributed by atoms with E-state index in [1.165, 1.54) is 6.33 Å². The molecule has 7 rings (SSSR count). The van der Waals surface area contributed by atoms with Gasteiger partial charge in [0.2, 0.25) is 5.95 Å². The number of anilines is 3. The Morgan fingerprint density at radius 1 is 0.983 bits per heavy atom. The SMILES string of the molecule is CCCN(C(=O)C(F)(F)F)[C@H]1C[C@@H](n2cnc3c(NCC(c4ccccc4)c4ccccc4)nc(N4CC[C@@H](NC(=O)Nc5cccc(SC)c5)C4)nc32)[C@H](O)[C@@H]1O. The molecular formula is C41H46F3N9O4S. The number of rotatable bonds is 13. The fourth-order valence-corrected chi connectivity index (χ4v) is 8.38. The molecule has 306 valence electrons. The van der Waals surface area contributed by atoms with Gasteiger partial charge in [0.05, 0.1) is 18.4 Å². The van der Waals surface area contributed by atoms with Crippen LogP contribution in [0.15, 0.2) is 96.2 Å². The third-order valence-electron chi connectivity index (χ3n) is 10.8. The predicted molar refractivity (Wildman–Crippen MR) is 217 cm³/mol. The number of imidazole rings is 1. The second kappa shape index (κ2) is 17.6. The van der Waals surface area contributed by atoms with Gasteiger partial charge in [0.1, 0.15) is 12.2 Å². The van der Waals surface area contributed by atoms with Gasteiger partial charge in [0, 0.05) is 48.7 Å². The van der Waals surface area contributed by atoms with Gasteiger partial charge in [-0.2, -0.15) is 23.1 Å². The maximum absolute atomic E-state index is 13.7. The number of alkyl halides is 3. The van der Waals surface area contributed by atoms with Crippen LogP contribution in [-0.2, 0) is 4.79 Å². The molecule has 1 aliphatic carbocycles. The summed E-state index contributed by atoms with van der Waals surface area (Å²) in [5.41, 5.74) is 3.45. The zero-order valence-electron chi connectivity index (χ0n) is 32.0. The smallest absolute Gasteiger partial charge is 0.388 e. The van der Waals surface area contributed by atoms with Crippen LogP contribution in [0.25, 0.3) is 11.2 Å². The van der Waals surface area contributed by atoms with Crippen LogP contribution < -0.4 is 20.9 Å². The third kappa shape index (κ3) is 8.85. The normalized spacial score (nSPS) is 20.8. The van der Waals surface area contributed by atoms with Crippen molar-refractivity contribution in [3.8, 4) is 0 Å². The van der Waals surface area contributed by atoms with Gasteiger partial charge in [-0.05, 0) is 54.8 Å². The van der Waals surface area contributed by atoms with Gasteiger partial charge in [-0.3, -0.25) is 4.79 Å². The summed E-state index contributed by atoms with van der Waals surface area (Å²) in [4.78, 5) is 43.6. The maximum Gasteiger partial charge on any atom is 0.471 e. The van der Waals surface area contributed by atoms with E-state index >= 15 is 0 Å². The largest absolute Gasteiger partial charge is 0.471 e. The van der Waals surface area contributed by atoms with Crippen molar-refractivity contribution in [1.29, 1.82) is 0 Å². The molecule has 0 unspecified atom stereocenters. The second-order valence-corrected chi connectivity index (χ2v) is 15.4. The minimum Gasteiger partial charge on any atom is -0.388 e. The van der Waals surface area contributed by atoms with Crippen molar-refractivity contribution in [3.63, 3.8) is 0 Å². The Balaban J connectivity index is 1.20. The van der Waals surface area contributed by atoms with Crippen LogP contribution in [0.2, 0.25) is 0 Å². The standard InChI is InChI=1S/C41H46F3N9O4S/c1-3-18-52(38(56)41(42,43)44)31-21-32(35(55)34(31)54)53-24-46-33-36(45-22-30(25-11-6-4-7-12-25)26-13-8-5-9-14-26)49-39(50-37(33)53)51-19-17-28(23-51)48-40(57)47-27-15-10-16-29(20-27)58-2/h4-16,20,24,28,30-32,34-35,54-55H,3,17-19,21-23H2,1-2H3,(H,45,49,50)(H2,47,48,57)/t28-,31+,32-,34-,35+/m1/s1. The van der Waals surface area contributed by atoms with Crippen LogP contribution in [-0.4, -0.2) is 109 Å². The molecule has 5 N–H and O–H groups in total. The van der Waals surface area contributed by atoms with Crippen molar-refractivity contribution in [2.45, 2.75) is 73.5 Å². The number of nitrogens with one attached hydrogen (secondary N) is 3. The molecule has 2 aromatic heterocycles. The monoisotopic (exact) mass is 817 g/mol. The second-order valence-electron chi connectivity index (χ2n) is 14.6. The number of carbonyl (C=O) groups is 2. The van der Waals surface area contributed by atoms with Crippen LogP contribution in [0.3, 0.4) is 0 Å². The van der Waals surface area contributed by atoms with E-state index in [0.717, 1.165) is 16.0 Å². The van der Waals surface area contributed by atoms with Gasteiger partial charge < -0.3 is 40.5 Å². The molecule has 3 aromatic carbocycles. The molecule has 2 fully saturated rings. The Labute approximate surface area is 338 Å². The van der Waals surface area contributed by atoms with Gasteiger partial charge in [0.25, 0.3) is 0 Å². The highest BCUT2D eigenvalue weighted by Crippen LogP contribution is 2.38. The minimum atomic E-state index is -5.15. The van der Waals surface area contributed by atoms with E-state index in [1.54, 1.807) is 23.3 Å². The average molecular weight is 818 g/mol. The molecule has 1 aliphatic heterocycles. The van der Waals surface area contributed by atoms with Gasteiger partial charge in [-0.25, -0.2) is 9.78 Å². The molecule has 5 atom stereocenters. The number of halogens is 3. The molecule has 3 heterocycles. The number of aromatic nitrogens is 4. The molecule has 3 amide bonds. The van der Waals surface area contributed by atoms with E-state index in [0.29, 0.717) is 53.9 Å². The minimum absolute atomic E-state index is 0.0864. The lowest BCUT2D eigenvalue weighted by Gasteiger charge is -2.31. The summed E-state index contributed by atoms with van der Waals surface area (Å²) in [7, 11) is 0. The summed E-state index contributed by atoms with van der Waals surface area (Å²) in [6.45, 7) is 2.68. The van der Waals surface area contributed by atoms with E-state index in [2.05, 4.69) is 45.2 Å². The maximum atomic E-state index is 13.7. The Morgan fingerprint density at radius 2 is 1.69 bits per heavy atom. The Bertz CT molecular complexity index is 2160. The van der Waals surface area contributed by atoms with Crippen LogP contribution in [0, 0.1) is 0 Å². The molecular weight excluding hydrogens is 772 g/mol.